The Labute approximate surface area is 123 Å². The number of piperazine rings is 1. The molecule has 0 spiro atoms. The molecule has 0 aliphatic carbocycles. The molecule has 7 heteroatoms. The predicted octanol–water partition coefficient (Wildman–Crippen LogP) is 1.09. The molecule has 1 aromatic heterocycles. The maximum absolute atomic E-state index is 10.8. The molecule has 6 nitrogen and oxygen atoms in total. The zero-order chi connectivity index (χ0) is 14.7. The van der Waals surface area contributed by atoms with E-state index in [2.05, 4.69) is 34.2 Å². The Hall–Kier alpha value is -1.37. The second kappa shape index (κ2) is 6.39. The Kier molecular flexibility index (Phi) is 4.80. The molecule has 0 saturated carbocycles. The zero-order valence-corrected chi connectivity index (χ0v) is 12.4. The number of nitrogens with one attached hydrogen (secondary N) is 1. The number of likely N-dealkylation sites (N-methyl/N-ethyl adjacent to an activating group) is 2. The maximum atomic E-state index is 10.8. The van der Waals surface area contributed by atoms with Gasteiger partial charge in [-0.15, -0.1) is 0 Å². The molecule has 0 aromatic carbocycles. The number of rotatable bonds is 4. The van der Waals surface area contributed by atoms with Gasteiger partial charge >= 0.3 is 5.97 Å². The topological polar surface area (TPSA) is 68.7 Å². The first-order valence-electron chi connectivity index (χ1n) is 6.49. The molecule has 2 rings (SSSR count). The number of carbonyl (C=O) groups is 1. The summed E-state index contributed by atoms with van der Waals surface area (Å²) in [5, 5.41) is 12.4. The lowest BCUT2D eigenvalue weighted by Crippen LogP contribution is -2.52. The van der Waals surface area contributed by atoms with Crippen molar-refractivity contribution in [2.45, 2.75) is 6.04 Å². The van der Waals surface area contributed by atoms with Gasteiger partial charge in [-0.1, -0.05) is 11.6 Å². The van der Waals surface area contributed by atoms with E-state index in [4.69, 9.17) is 16.7 Å². The first-order chi connectivity index (χ1) is 9.47. The quantitative estimate of drug-likeness (QED) is 0.867. The highest BCUT2D eigenvalue weighted by molar-refractivity contribution is 6.33. The van der Waals surface area contributed by atoms with Crippen molar-refractivity contribution in [2.75, 3.05) is 45.6 Å². The summed E-state index contributed by atoms with van der Waals surface area (Å²) < 4.78 is 0. The average Bonchev–Trinajstić information content (AvgIpc) is 2.40. The van der Waals surface area contributed by atoms with Gasteiger partial charge in [-0.05, 0) is 20.2 Å². The fourth-order valence-electron chi connectivity index (χ4n) is 2.22. The number of pyridine rings is 1. The molecule has 2 heterocycles. The fourth-order valence-corrected chi connectivity index (χ4v) is 2.45. The van der Waals surface area contributed by atoms with Crippen LogP contribution < -0.4 is 5.32 Å². The lowest BCUT2D eigenvalue weighted by Gasteiger charge is -2.37. The summed E-state index contributed by atoms with van der Waals surface area (Å²) in [4.78, 5) is 19.5. The Morgan fingerprint density at radius 1 is 1.55 bits per heavy atom. The van der Waals surface area contributed by atoms with Crippen LogP contribution in [0.2, 0.25) is 5.02 Å². The maximum Gasteiger partial charge on any atom is 0.337 e. The lowest BCUT2D eigenvalue weighted by atomic mass is 10.2. The standard InChI is InChI=1S/C13H19ClN4O2/c1-17-3-4-18(2)10(8-17)7-16-12-11(14)5-9(6-15-12)13(19)20/h5-6,10H,3-4,7-8H2,1-2H3,(H,15,16)(H,19,20). The van der Waals surface area contributed by atoms with E-state index in [9.17, 15) is 4.79 Å². The summed E-state index contributed by atoms with van der Waals surface area (Å²) in [5.74, 6) is -0.502. The van der Waals surface area contributed by atoms with Gasteiger partial charge in [0.1, 0.15) is 5.82 Å². The van der Waals surface area contributed by atoms with Crippen molar-refractivity contribution in [3.05, 3.63) is 22.8 Å². The third-order valence-electron chi connectivity index (χ3n) is 3.57. The van der Waals surface area contributed by atoms with E-state index in [1.807, 2.05) is 0 Å². The highest BCUT2D eigenvalue weighted by atomic mass is 35.5. The van der Waals surface area contributed by atoms with Crippen LogP contribution in [-0.2, 0) is 0 Å². The van der Waals surface area contributed by atoms with Gasteiger partial charge < -0.3 is 15.3 Å². The Bertz CT molecular complexity index is 497. The summed E-state index contributed by atoms with van der Waals surface area (Å²) in [7, 11) is 4.20. The highest BCUT2D eigenvalue weighted by Crippen LogP contribution is 2.20. The smallest absolute Gasteiger partial charge is 0.337 e. The summed E-state index contributed by atoms with van der Waals surface area (Å²) in [6, 6.07) is 1.79. The molecule has 1 aliphatic rings. The van der Waals surface area contributed by atoms with Crippen LogP contribution in [0.3, 0.4) is 0 Å². The molecule has 2 N–H and O–H groups in total. The Morgan fingerprint density at radius 3 is 2.95 bits per heavy atom. The van der Waals surface area contributed by atoms with E-state index in [1.54, 1.807) is 0 Å². The van der Waals surface area contributed by atoms with Crippen molar-refractivity contribution in [1.29, 1.82) is 0 Å². The minimum absolute atomic E-state index is 0.0927. The number of hydrogen-bond donors (Lipinski definition) is 2. The Morgan fingerprint density at radius 2 is 2.30 bits per heavy atom. The molecular weight excluding hydrogens is 280 g/mol. The van der Waals surface area contributed by atoms with Crippen molar-refractivity contribution in [3.8, 4) is 0 Å². The molecule has 1 unspecified atom stereocenters. The molecule has 1 fully saturated rings. The monoisotopic (exact) mass is 298 g/mol. The van der Waals surface area contributed by atoms with Crippen molar-refractivity contribution in [2.24, 2.45) is 0 Å². The summed E-state index contributed by atoms with van der Waals surface area (Å²) in [6.07, 6.45) is 1.31. The van der Waals surface area contributed by atoms with Gasteiger partial charge in [-0.25, -0.2) is 9.78 Å². The molecule has 0 radical (unpaired) electrons. The van der Waals surface area contributed by atoms with Crippen LogP contribution in [-0.4, -0.2) is 72.2 Å². The second-order valence-corrected chi connectivity index (χ2v) is 5.54. The second-order valence-electron chi connectivity index (χ2n) is 5.14. The molecule has 1 saturated heterocycles. The first kappa shape index (κ1) is 15.0. The van der Waals surface area contributed by atoms with Crippen LogP contribution in [0.5, 0.6) is 0 Å². The van der Waals surface area contributed by atoms with Gasteiger partial charge in [-0.2, -0.15) is 0 Å². The SMILES string of the molecule is CN1CCN(C)C(CNc2ncc(C(=O)O)cc2Cl)C1. The minimum atomic E-state index is -1.03. The number of halogens is 1. The molecule has 1 atom stereocenters. The van der Waals surface area contributed by atoms with Crippen LogP contribution in [0.1, 0.15) is 10.4 Å². The van der Waals surface area contributed by atoms with E-state index in [0.717, 1.165) is 26.2 Å². The zero-order valence-electron chi connectivity index (χ0n) is 11.6. The van der Waals surface area contributed by atoms with Crippen molar-refractivity contribution >= 4 is 23.4 Å². The molecule has 1 aromatic rings. The largest absolute Gasteiger partial charge is 0.478 e. The predicted molar refractivity (Wildman–Crippen MR) is 78.6 cm³/mol. The normalized spacial score (nSPS) is 20.9. The van der Waals surface area contributed by atoms with E-state index in [1.165, 1.54) is 12.3 Å². The molecule has 110 valence electrons. The Balaban J connectivity index is 1.98. The van der Waals surface area contributed by atoms with Gasteiger partial charge in [0, 0.05) is 38.4 Å². The van der Waals surface area contributed by atoms with E-state index in [0.29, 0.717) is 16.9 Å². The van der Waals surface area contributed by atoms with Gasteiger partial charge in [0.15, 0.2) is 0 Å². The van der Waals surface area contributed by atoms with Gasteiger partial charge in [-0.3, -0.25) is 4.90 Å². The number of aromatic nitrogens is 1. The summed E-state index contributed by atoms with van der Waals surface area (Å²) >= 11 is 6.04. The van der Waals surface area contributed by atoms with Crippen LogP contribution >= 0.6 is 11.6 Å². The number of nitrogens with zero attached hydrogens (tertiary/aromatic N) is 3. The molecule has 20 heavy (non-hydrogen) atoms. The number of anilines is 1. The summed E-state index contributed by atoms with van der Waals surface area (Å²) in [6.45, 7) is 3.80. The average molecular weight is 299 g/mol. The molecule has 1 aliphatic heterocycles. The number of hydrogen-bond acceptors (Lipinski definition) is 5. The lowest BCUT2D eigenvalue weighted by molar-refractivity contribution is 0.0696. The van der Waals surface area contributed by atoms with Gasteiger partial charge in [0.2, 0.25) is 0 Å². The number of carboxylic acids is 1. The molecular formula is C13H19ClN4O2. The van der Waals surface area contributed by atoms with Crippen molar-refractivity contribution in [3.63, 3.8) is 0 Å². The van der Waals surface area contributed by atoms with Crippen LogP contribution in [0.25, 0.3) is 0 Å². The highest BCUT2D eigenvalue weighted by Gasteiger charge is 2.22. The van der Waals surface area contributed by atoms with Gasteiger partial charge in [0.05, 0.1) is 10.6 Å². The summed E-state index contributed by atoms with van der Waals surface area (Å²) in [5.41, 5.74) is 0.0927. The van der Waals surface area contributed by atoms with E-state index < -0.39 is 5.97 Å². The van der Waals surface area contributed by atoms with Crippen LogP contribution in [0.15, 0.2) is 12.3 Å². The van der Waals surface area contributed by atoms with Gasteiger partial charge in [0.25, 0.3) is 0 Å². The first-order valence-corrected chi connectivity index (χ1v) is 6.86. The number of carboxylic acid groups (broad SMARTS) is 1. The van der Waals surface area contributed by atoms with Crippen LogP contribution in [0.4, 0.5) is 5.82 Å². The fraction of sp³-hybridized carbons (Fsp3) is 0.538. The van der Waals surface area contributed by atoms with Crippen LogP contribution in [0, 0.1) is 0 Å². The van der Waals surface area contributed by atoms with Crippen molar-refractivity contribution < 1.29 is 9.90 Å². The van der Waals surface area contributed by atoms with E-state index >= 15 is 0 Å². The number of aromatic carboxylic acids is 1. The third-order valence-corrected chi connectivity index (χ3v) is 3.86. The third kappa shape index (κ3) is 3.59. The molecule has 0 bridgehead atoms. The molecule has 0 amide bonds. The minimum Gasteiger partial charge on any atom is -0.478 e. The van der Waals surface area contributed by atoms with Crippen molar-refractivity contribution in [1.82, 2.24) is 14.8 Å². The van der Waals surface area contributed by atoms with E-state index in [-0.39, 0.29) is 5.56 Å².